The fourth-order valence-electron chi connectivity index (χ4n) is 0.129. The van der Waals surface area contributed by atoms with Crippen molar-refractivity contribution in [3.05, 3.63) is 0 Å². The van der Waals surface area contributed by atoms with Crippen LogP contribution in [0.4, 0.5) is 0 Å². The third kappa shape index (κ3) is 15.7. The molecule has 0 aliphatic rings. The first-order valence-corrected chi connectivity index (χ1v) is 4.13. The average molecular weight is 172 g/mol. The van der Waals surface area contributed by atoms with Crippen LogP contribution in [0.25, 0.3) is 0 Å². The zero-order valence-corrected chi connectivity index (χ0v) is 6.03. The van der Waals surface area contributed by atoms with Crippen LogP contribution in [-0.2, 0) is 0 Å². The second-order valence-corrected chi connectivity index (χ2v) is 3.06. The normalized spacial score (nSPS) is 6.75. The molecular formula is C5H16S3. The fraction of sp³-hybridized carbons (Fsp3) is 1.00. The van der Waals surface area contributed by atoms with Gasteiger partial charge in [0.05, 0.1) is 0 Å². The zero-order chi connectivity index (χ0) is 4.83. The highest BCUT2D eigenvalue weighted by Gasteiger charge is 1.75. The molecule has 0 amide bonds. The summed E-state index contributed by atoms with van der Waals surface area (Å²) >= 11 is 9.78. The molecule has 0 aromatic rings. The molecule has 0 fully saturated rings. The largest absolute Gasteiger partial charge is 0.179 e. The molecule has 8 heavy (non-hydrogen) atoms. The van der Waals surface area contributed by atoms with Crippen molar-refractivity contribution in [2.75, 3.05) is 16.6 Å². The topological polar surface area (TPSA) is 0 Å². The van der Waals surface area contributed by atoms with Crippen molar-refractivity contribution in [1.82, 2.24) is 0 Å². The van der Waals surface area contributed by atoms with Gasteiger partial charge in [-0.05, 0) is 5.75 Å². The highest BCUT2D eigenvalue weighted by Crippen LogP contribution is 2.00. The Morgan fingerprint density at radius 3 is 1.75 bits per heavy atom. The van der Waals surface area contributed by atoms with Crippen LogP contribution in [0, 0.1) is 0 Å². The van der Waals surface area contributed by atoms with Gasteiger partial charge >= 0.3 is 0 Å². The van der Waals surface area contributed by atoms with Gasteiger partial charge in [0.1, 0.15) is 0 Å². The average Bonchev–Trinajstić information content (AvgIpc) is 1.61. The number of rotatable bonds is 3. The van der Waals surface area contributed by atoms with Crippen molar-refractivity contribution < 1.29 is 0 Å². The van der Waals surface area contributed by atoms with E-state index in [0.29, 0.717) is 0 Å². The van der Waals surface area contributed by atoms with E-state index in [9.17, 15) is 0 Å². The van der Waals surface area contributed by atoms with E-state index < -0.39 is 0 Å². The monoisotopic (exact) mass is 172 g/mol. The highest BCUT2D eigenvalue weighted by molar-refractivity contribution is 8.09. The molecule has 0 rings (SSSR count). The molecule has 0 aliphatic carbocycles. The van der Waals surface area contributed by atoms with Gasteiger partial charge < -0.3 is 0 Å². The van der Waals surface area contributed by atoms with Crippen LogP contribution in [0.3, 0.4) is 0 Å². The number of hydrogen-bond donors (Lipinski definition) is 2. The first-order chi connectivity index (χ1) is 2.91. The summed E-state index contributed by atoms with van der Waals surface area (Å²) < 4.78 is 0. The van der Waals surface area contributed by atoms with E-state index in [1.165, 1.54) is 0 Å². The van der Waals surface area contributed by atoms with Gasteiger partial charge in [0.25, 0.3) is 0 Å². The maximum atomic E-state index is 4.00. The molecule has 0 radical (unpaired) electrons. The molecule has 0 unspecified atom stereocenters. The Hall–Kier alpha value is 1.05. The van der Waals surface area contributed by atoms with Crippen LogP contribution in [0.2, 0.25) is 0 Å². The standard InChI is InChI=1S/C3H8S3.2CH4/c4-1-2-6-3-5;;/h4-5H,1-3H2;2*1H4. The van der Waals surface area contributed by atoms with E-state index in [-0.39, 0.29) is 14.9 Å². The summed E-state index contributed by atoms with van der Waals surface area (Å²) in [6.45, 7) is 0. The Morgan fingerprint density at radius 2 is 1.62 bits per heavy atom. The quantitative estimate of drug-likeness (QED) is 0.375. The first kappa shape index (κ1) is 16.0. The van der Waals surface area contributed by atoms with E-state index in [1.807, 2.05) is 0 Å². The molecule has 0 atom stereocenters. The van der Waals surface area contributed by atoms with Gasteiger partial charge in [-0.25, -0.2) is 0 Å². The third-order valence-electron chi connectivity index (χ3n) is 0.327. The minimum absolute atomic E-state index is 0. The van der Waals surface area contributed by atoms with E-state index in [0.717, 1.165) is 16.6 Å². The van der Waals surface area contributed by atoms with Gasteiger partial charge in [0, 0.05) is 10.8 Å². The van der Waals surface area contributed by atoms with Crippen LogP contribution in [0.1, 0.15) is 14.9 Å². The molecule has 0 saturated carbocycles. The molecule has 0 aromatic heterocycles. The molecule has 0 aliphatic heterocycles. The predicted octanol–water partition coefficient (Wildman–Crippen LogP) is 2.81. The summed E-state index contributed by atoms with van der Waals surface area (Å²) in [6.07, 6.45) is 0. The lowest BCUT2D eigenvalue weighted by molar-refractivity contribution is 1.57. The SMILES string of the molecule is C.C.SCCSCS. The Bertz CT molecular complexity index is 19.6. The predicted molar refractivity (Wildman–Crippen MR) is 53.6 cm³/mol. The zero-order valence-electron chi connectivity index (χ0n) is 3.42. The van der Waals surface area contributed by atoms with Crippen molar-refractivity contribution in [1.29, 1.82) is 0 Å². The summed E-state index contributed by atoms with van der Waals surface area (Å²) in [5, 5.41) is 0.917. The maximum Gasteiger partial charge on any atom is 0.0362 e. The second-order valence-electron chi connectivity index (χ2n) is 0.761. The molecule has 54 valence electrons. The van der Waals surface area contributed by atoms with Crippen LogP contribution in [0.15, 0.2) is 0 Å². The third-order valence-corrected chi connectivity index (χ3v) is 2.08. The lowest BCUT2D eigenvalue weighted by Crippen LogP contribution is -1.75. The van der Waals surface area contributed by atoms with Crippen molar-refractivity contribution in [3.8, 4) is 0 Å². The highest BCUT2D eigenvalue weighted by atomic mass is 32.2. The summed E-state index contributed by atoms with van der Waals surface area (Å²) in [6, 6.07) is 0. The van der Waals surface area contributed by atoms with E-state index >= 15 is 0 Å². The van der Waals surface area contributed by atoms with E-state index in [2.05, 4.69) is 25.3 Å². The molecule has 0 spiro atoms. The van der Waals surface area contributed by atoms with Gasteiger partial charge in [-0.1, -0.05) is 14.9 Å². The fourth-order valence-corrected chi connectivity index (χ4v) is 1.16. The van der Waals surface area contributed by atoms with Crippen molar-refractivity contribution >= 4 is 37.0 Å². The van der Waals surface area contributed by atoms with Crippen LogP contribution in [0.5, 0.6) is 0 Å². The Labute approximate surface area is 68.6 Å². The number of thiol groups is 2. The van der Waals surface area contributed by atoms with Crippen LogP contribution in [-0.4, -0.2) is 16.6 Å². The Balaban J connectivity index is -0.000000125. The summed E-state index contributed by atoms with van der Waals surface area (Å²) in [4.78, 5) is 0. The lowest BCUT2D eigenvalue weighted by Gasteiger charge is -1.86. The summed E-state index contributed by atoms with van der Waals surface area (Å²) in [7, 11) is 0. The Kier molecular flexibility index (Phi) is 31.4. The molecule has 0 saturated heterocycles. The molecule has 0 nitrogen and oxygen atoms in total. The van der Waals surface area contributed by atoms with Crippen molar-refractivity contribution in [2.45, 2.75) is 14.9 Å². The number of thioether (sulfide) groups is 1. The van der Waals surface area contributed by atoms with Crippen LogP contribution >= 0.6 is 37.0 Å². The molecule has 0 N–H and O–H groups in total. The van der Waals surface area contributed by atoms with Gasteiger partial charge in [-0.2, -0.15) is 37.0 Å². The summed E-state index contributed by atoms with van der Waals surface area (Å²) in [5.41, 5.74) is 0. The smallest absolute Gasteiger partial charge is 0.0362 e. The maximum absolute atomic E-state index is 4.00. The van der Waals surface area contributed by atoms with Crippen molar-refractivity contribution in [2.24, 2.45) is 0 Å². The molecule has 3 heteroatoms. The molecule has 0 aromatic carbocycles. The lowest BCUT2D eigenvalue weighted by atomic mass is 11.0. The van der Waals surface area contributed by atoms with Crippen molar-refractivity contribution in [3.63, 3.8) is 0 Å². The van der Waals surface area contributed by atoms with Gasteiger partial charge in [0.15, 0.2) is 0 Å². The first-order valence-electron chi connectivity index (χ1n) is 1.71. The van der Waals surface area contributed by atoms with Crippen LogP contribution < -0.4 is 0 Å². The summed E-state index contributed by atoms with van der Waals surface area (Å²) in [5.74, 6) is 2.08. The minimum Gasteiger partial charge on any atom is -0.179 e. The molecule has 0 bridgehead atoms. The molecule has 0 heterocycles. The minimum atomic E-state index is 0. The van der Waals surface area contributed by atoms with Gasteiger partial charge in [-0.3, -0.25) is 0 Å². The number of hydrogen-bond acceptors (Lipinski definition) is 3. The van der Waals surface area contributed by atoms with Gasteiger partial charge in [-0.15, -0.1) is 0 Å². The van der Waals surface area contributed by atoms with E-state index in [1.54, 1.807) is 11.8 Å². The molecular weight excluding hydrogens is 156 g/mol. The Morgan fingerprint density at radius 1 is 1.12 bits per heavy atom. The van der Waals surface area contributed by atoms with Gasteiger partial charge in [0.2, 0.25) is 0 Å². The van der Waals surface area contributed by atoms with E-state index in [4.69, 9.17) is 0 Å². The second kappa shape index (κ2) is 15.7.